The molecular weight excluding hydrogens is 242 g/mol. The predicted molar refractivity (Wildman–Crippen MR) is 62.6 cm³/mol. The van der Waals surface area contributed by atoms with E-state index in [2.05, 4.69) is 4.98 Å². The van der Waals surface area contributed by atoms with Crippen molar-refractivity contribution in [3.8, 4) is 6.07 Å². The summed E-state index contributed by atoms with van der Waals surface area (Å²) in [6.45, 7) is 1.95. The first kappa shape index (κ1) is 13.4. The lowest BCUT2D eigenvalue weighted by molar-refractivity contribution is -0.385. The van der Waals surface area contributed by atoms with E-state index in [1.807, 2.05) is 13.0 Å². The highest BCUT2D eigenvalue weighted by molar-refractivity contribution is 7.99. The second-order valence-corrected chi connectivity index (χ2v) is 4.78. The van der Waals surface area contributed by atoms with Crippen LogP contribution in [0.5, 0.6) is 0 Å². The summed E-state index contributed by atoms with van der Waals surface area (Å²) in [5.41, 5.74) is -0.00491. The number of nitro groups is 1. The smallest absolute Gasteiger partial charge is 0.288 e. The van der Waals surface area contributed by atoms with Crippen LogP contribution in [-0.2, 0) is 0 Å². The van der Waals surface area contributed by atoms with E-state index in [0.29, 0.717) is 11.4 Å². The molecule has 0 aliphatic rings. The van der Waals surface area contributed by atoms with Gasteiger partial charge in [-0.1, -0.05) is 6.92 Å². The molecule has 1 heterocycles. The maximum atomic E-state index is 10.5. The predicted octanol–water partition coefficient (Wildman–Crippen LogP) is 1.72. The number of hydrogen-bond donors (Lipinski definition) is 1. The Balaban J connectivity index is 2.94. The zero-order chi connectivity index (χ0) is 12.8. The molecule has 1 aromatic rings. The highest BCUT2D eigenvalue weighted by atomic mass is 32.2. The first-order chi connectivity index (χ1) is 8.08. The van der Waals surface area contributed by atoms with Crippen LogP contribution in [0.2, 0.25) is 0 Å². The van der Waals surface area contributed by atoms with Gasteiger partial charge in [0.25, 0.3) is 5.69 Å². The van der Waals surface area contributed by atoms with E-state index in [1.54, 1.807) is 0 Å². The van der Waals surface area contributed by atoms with Crippen LogP contribution < -0.4 is 0 Å². The molecule has 0 aliphatic carbocycles. The molecule has 1 N–H and O–H groups in total. The van der Waals surface area contributed by atoms with Crippen LogP contribution >= 0.6 is 11.8 Å². The van der Waals surface area contributed by atoms with Crippen LogP contribution in [0.1, 0.15) is 18.9 Å². The van der Waals surface area contributed by atoms with Crippen LogP contribution in [0, 0.1) is 21.4 Å². The van der Waals surface area contributed by atoms with Crippen molar-refractivity contribution in [3.05, 3.63) is 27.9 Å². The highest BCUT2D eigenvalue weighted by Crippen LogP contribution is 2.27. The van der Waals surface area contributed by atoms with Gasteiger partial charge >= 0.3 is 0 Å². The third kappa shape index (κ3) is 3.69. The van der Waals surface area contributed by atoms with Crippen molar-refractivity contribution in [1.29, 1.82) is 5.26 Å². The quantitative estimate of drug-likeness (QED) is 0.487. The molecule has 17 heavy (non-hydrogen) atoms. The van der Waals surface area contributed by atoms with Gasteiger partial charge in [-0.3, -0.25) is 10.1 Å². The van der Waals surface area contributed by atoms with Crippen molar-refractivity contribution in [2.75, 3.05) is 6.61 Å². The maximum Gasteiger partial charge on any atom is 0.288 e. The van der Waals surface area contributed by atoms with Gasteiger partial charge < -0.3 is 5.11 Å². The largest absolute Gasteiger partial charge is 0.396 e. The van der Waals surface area contributed by atoms with E-state index < -0.39 is 4.92 Å². The van der Waals surface area contributed by atoms with Gasteiger partial charge in [0.1, 0.15) is 17.3 Å². The zero-order valence-electron chi connectivity index (χ0n) is 9.16. The number of pyridine rings is 1. The molecule has 1 rings (SSSR count). The molecule has 7 heteroatoms. The van der Waals surface area contributed by atoms with Gasteiger partial charge in [-0.05, 0) is 6.42 Å². The SMILES string of the molecule is CC(CCO)Sc1ncc([N+](=O)[O-])cc1C#N. The fourth-order valence-corrected chi connectivity index (χ4v) is 2.10. The van der Waals surface area contributed by atoms with E-state index in [4.69, 9.17) is 10.4 Å². The van der Waals surface area contributed by atoms with Gasteiger partial charge in [0.15, 0.2) is 0 Å². The Hall–Kier alpha value is -1.65. The molecular formula is C10H11N3O3S. The number of rotatable bonds is 5. The second kappa shape index (κ2) is 6.18. The molecule has 0 radical (unpaired) electrons. The minimum atomic E-state index is -0.584. The Kier molecular flexibility index (Phi) is 4.87. The fourth-order valence-electron chi connectivity index (χ4n) is 1.15. The van der Waals surface area contributed by atoms with Crippen molar-refractivity contribution in [3.63, 3.8) is 0 Å². The molecule has 0 saturated carbocycles. The minimum Gasteiger partial charge on any atom is -0.396 e. The summed E-state index contributed by atoms with van der Waals surface area (Å²) in [7, 11) is 0. The Morgan fingerprint density at radius 1 is 1.76 bits per heavy atom. The standard InChI is InChI=1S/C10H11N3O3S/c1-7(2-3-14)17-10-8(5-11)4-9(6-12-10)13(15)16/h4,6-7,14H,2-3H2,1H3. The summed E-state index contributed by atoms with van der Waals surface area (Å²) in [5, 5.41) is 28.7. The van der Waals surface area contributed by atoms with Gasteiger partial charge in [0, 0.05) is 17.9 Å². The molecule has 0 bridgehead atoms. The molecule has 0 aliphatic heterocycles. The lowest BCUT2D eigenvalue weighted by Crippen LogP contribution is -2.01. The van der Waals surface area contributed by atoms with Crippen LogP contribution in [0.25, 0.3) is 0 Å². The number of aliphatic hydroxyl groups excluding tert-OH is 1. The van der Waals surface area contributed by atoms with E-state index in [0.717, 1.165) is 6.20 Å². The first-order valence-electron chi connectivity index (χ1n) is 4.90. The monoisotopic (exact) mass is 253 g/mol. The molecule has 1 aromatic heterocycles. The van der Waals surface area contributed by atoms with E-state index in [-0.39, 0.29) is 23.1 Å². The third-order valence-corrected chi connectivity index (χ3v) is 3.20. The summed E-state index contributed by atoms with van der Waals surface area (Å²) in [6, 6.07) is 3.10. The lowest BCUT2D eigenvalue weighted by Gasteiger charge is -2.09. The van der Waals surface area contributed by atoms with E-state index in [1.165, 1.54) is 17.8 Å². The number of nitriles is 1. The van der Waals surface area contributed by atoms with Crippen LogP contribution in [0.4, 0.5) is 5.69 Å². The summed E-state index contributed by atoms with van der Waals surface area (Å²) < 4.78 is 0. The van der Waals surface area contributed by atoms with Crippen LogP contribution in [0.15, 0.2) is 17.3 Å². The van der Waals surface area contributed by atoms with Crippen molar-refractivity contribution in [2.24, 2.45) is 0 Å². The van der Waals surface area contributed by atoms with Crippen molar-refractivity contribution in [1.82, 2.24) is 4.98 Å². The molecule has 0 amide bonds. The molecule has 6 nitrogen and oxygen atoms in total. The topological polar surface area (TPSA) is 100 Å². The third-order valence-electron chi connectivity index (χ3n) is 2.02. The minimum absolute atomic E-state index is 0.0586. The van der Waals surface area contributed by atoms with Gasteiger partial charge in [-0.15, -0.1) is 11.8 Å². The Morgan fingerprint density at radius 3 is 3.00 bits per heavy atom. The van der Waals surface area contributed by atoms with E-state index >= 15 is 0 Å². The molecule has 0 fully saturated rings. The van der Waals surface area contributed by atoms with Gasteiger partial charge in [-0.2, -0.15) is 5.26 Å². The normalized spacial score (nSPS) is 11.8. The Labute approximate surface area is 102 Å². The zero-order valence-corrected chi connectivity index (χ0v) is 9.98. The first-order valence-corrected chi connectivity index (χ1v) is 5.78. The van der Waals surface area contributed by atoms with Crippen LogP contribution in [-0.4, -0.2) is 26.9 Å². The van der Waals surface area contributed by atoms with E-state index in [9.17, 15) is 10.1 Å². The summed E-state index contributed by atoms with van der Waals surface area (Å²) >= 11 is 1.32. The van der Waals surface area contributed by atoms with Crippen molar-refractivity contribution in [2.45, 2.75) is 23.6 Å². The summed E-state index contributed by atoms with van der Waals surface area (Å²) in [4.78, 5) is 13.8. The molecule has 1 unspecified atom stereocenters. The average Bonchev–Trinajstić information content (AvgIpc) is 2.29. The number of hydrogen-bond acceptors (Lipinski definition) is 6. The second-order valence-electron chi connectivity index (χ2n) is 3.36. The van der Waals surface area contributed by atoms with Crippen molar-refractivity contribution < 1.29 is 10.0 Å². The highest BCUT2D eigenvalue weighted by Gasteiger charge is 2.14. The number of thioether (sulfide) groups is 1. The molecule has 90 valence electrons. The lowest BCUT2D eigenvalue weighted by atomic mass is 10.3. The molecule has 0 saturated heterocycles. The Bertz CT molecular complexity index is 459. The summed E-state index contributed by atoms with van der Waals surface area (Å²) in [5.74, 6) is 0. The number of nitrogens with zero attached hydrogens (tertiary/aromatic N) is 3. The number of aromatic nitrogens is 1. The maximum absolute atomic E-state index is 10.5. The Morgan fingerprint density at radius 2 is 2.47 bits per heavy atom. The molecule has 1 atom stereocenters. The fraction of sp³-hybridized carbons (Fsp3) is 0.400. The van der Waals surface area contributed by atoms with Crippen molar-refractivity contribution >= 4 is 17.4 Å². The van der Waals surface area contributed by atoms with Crippen LogP contribution in [0.3, 0.4) is 0 Å². The molecule has 0 spiro atoms. The van der Waals surface area contributed by atoms with Gasteiger partial charge in [0.2, 0.25) is 0 Å². The number of aliphatic hydroxyl groups is 1. The summed E-state index contributed by atoms with van der Waals surface area (Å²) in [6.07, 6.45) is 1.71. The van der Waals surface area contributed by atoms with Gasteiger partial charge in [0.05, 0.1) is 10.5 Å². The average molecular weight is 253 g/mol. The molecule has 0 aromatic carbocycles. The van der Waals surface area contributed by atoms with Gasteiger partial charge in [-0.25, -0.2) is 4.98 Å².